The summed E-state index contributed by atoms with van der Waals surface area (Å²) in [6, 6.07) is 0. The molecule has 0 nitrogen and oxygen atoms in total. The lowest BCUT2D eigenvalue weighted by Crippen LogP contribution is 0.143. The Bertz CT molecular complexity index is 0. The van der Waals surface area contributed by atoms with Gasteiger partial charge in [-0.25, -0.2) is 0 Å². The zero-order chi connectivity index (χ0) is 0. The van der Waals surface area contributed by atoms with Gasteiger partial charge in [-0.05, 0) is 0 Å². The fourth-order valence-corrected chi connectivity index (χ4v) is 0. The van der Waals surface area contributed by atoms with E-state index in [2.05, 4.69) is 0 Å². The summed E-state index contributed by atoms with van der Waals surface area (Å²) < 4.78 is 0. The molecular weight excluding hydrogens is 216 g/mol. The van der Waals surface area contributed by atoms with Gasteiger partial charge in [0.05, 0.1) is 0 Å². The molecule has 0 aromatic carbocycles. The normalized spacial score (nSPS) is 0. The van der Waals surface area contributed by atoms with Crippen molar-refractivity contribution in [2.75, 3.05) is 0 Å². The maximum absolute atomic E-state index is 0. The van der Waals surface area contributed by atoms with Crippen molar-refractivity contribution in [1.82, 2.24) is 0 Å². The van der Waals surface area contributed by atoms with E-state index in [-0.39, 0.29) is 134 Å². The lowest BCUT2D eigenvalue weighted by Gasteiger charge is -0.0786. The van der Waals surface area contributed by atoms with Crippen molar-refractivity contribution in [3.63, 3.8) is 0 Å². The third-order valence-electron chi connectivity index (χ3n) is 0. The van der Waals surface area contributed by atoms with Crippen LogP contribution in [0.25, 0.3) is 0 Å². The highest BCUT2D eigenvalue weighted by atomic mass is 12.0. The summed E-state index contributed by atoms with van der Waals surface area (Å²) in [5.74, 6) is 0. The van der Waals surface area contributed by atoms with Gasteiger partial charge >= 0.3 is 0 Å². The van der Waals surface area contributed by atoms with Crippen LogP contribution in [0.1, 0.15) is 134 Å². The lowest BCUT2D eigenvalue weighted by molar-refractivity contribution is 2.50. The Morgan fingerprint density at radius 3 is 0.0556 bits per heavy atom. The average molecular weight is 289 g/mol. The molecule has 0 radical (unpaired) electrons. The molecule has 0 aromatic rings. The first-order valence-electron chi connectivity index (χ1n) is 0. The summed E-state index contributed by atoms with van der Waals surface area (Å²) in [6.07, 6.45) is 0. The largest absolute Gasteiger partial charge is 0.0776 e. The van der Waals surface area contributed by atoms with Crippen LogP contribution in [0.3, 0.4) is 0 Å². The fourth-order valence-electron chi connectivity index (χ4n) is 0. The van der Waals surface area contributed by atoms with E-state index in [1.54, 1.807) is 0 Å². The standard InChI is InChI=1S/18CH4/h18*1H4. The van der Waals surface area contributed by atoms with Gasteiger partial charge in [0.25, 0.3) is 0 Å². The first-order valence-corrected chi connectivity index (χ1v) is 0. The van der Waals surface area contributed by atoms with E-state index in [1.807, 2.05) is 0 Å². The Hall–Kier alpha value is 0. The van der Waals surface area contributed by atoms with Gasteiger partial charge in [0.15, 0.2) is 0 Å². The van der Waals surface area contributed by atoms with E-state index in [0.29, 0.717) is 0 Å². The zero-order valence-corrected chi connectivity index (χ0v) is 0. The molecule has 0 atom stereocenters. The van der Waals surface area contributed by atoms with Crippen LogP contribution in [-0.2, 0) is 0 Å². The summed E-state index contributed by atoms with van der Waals surface area (Å²) in [6.45, 7) is 0. The number of rotatable bonds is 0. The van der Waals surface area contributed by atoms with Gasteiger partial charge in [-0.3, -0.25) is 0 Å². The van der Waals surface area contributed by atoms with Gasteiger partial charge < -0.3 is 0 Å². The molecule has 0 saturated carbocycles. The maximum atomic E-state index is 0. The van der Waals surface area contributed by atoms with Crippen molar-refractivity contribution in [2.24, 2.45) is 0 Å². The minimum absolute atomic E-state index is 0. The second kappa shape index (κ2) is 0. The molecular formula is C18H72. The monoisotopic (exact) mass is 289 g/mol. The number of hydrogen-bond acceptors (Lipinski definition) is 0. The van der Waals surface area contributed by atoms with Gasteiger partial charge in [0.1, 0.15) is 0 Å². The maximum Gasteiger partial charge on any atom is -0.0776 e. The Labute approximate surface area is 134 Å². The predicted molar refractivity (Wildman–Crippen MR) is 121 cm³/mol. The van der Waals surface area contributed by atoms with E-state index < -0.39 is 0 Å². The van der Waals surface area contributed by atoms with E-state index in [0.717, 1.165) is 0 Å². The molecule has 144 valence electrons. The number of hydrogen-bond donors (Lipinski definition) is 0. The molecule has 0 unspecified atom stereocenters. The third-order valence-corrected chi connectivity index (χ3v) is 0. The van der Waals surface area contributed by atoms with Crippen molar-refractivity contribution in [2.45, 2.75) is 134 Å². The van der Waals surface area contributed by atoms with Crippen molar-refractivity contribution in [3.05, 3.63) is 0 Å². The van der Waals surface area contributed by atoms with Gasteiger partial charge in [-0.2, -0.15) is 0 Å². The van der Waals surface area contributed by atoms with Gasteiger partial charge in [-0.1, -0.05) is 134 Å². The molecule has 0 rings (SSSR count). The first kappa shape index (κ1) is 0. The topological polar surface area (TPSA) is 0 Å². The summed E-state index contributed by atoms with van der Waals surface area (Å²) in [5, 5.41) is 0. The Morgan fingerprint density at radius 1 is 0.0556 bits per heavy atom. The quantitative estimate of drug-likeness (QED) is 0.415. The van der Waals surface area contributed by atoms with Gasteiger partial charge in [-0.15, -0.1) is 0 Å². The minimum atomic E-state index is 0. The van der Waals surface area contributed by atoms with Crippen molar-refractivity contribution in [1.29, 1.82) is 0 Å². The molecule has 0 aliphatic heterocycles. The highest BCUT2D eigenvalue weighted by Gasteiger charge is -0.0606. The van der Waals surface area contributed by atoms with E-state index in [1.165, 1.54) is 0 Å². The molecule has 0 saturated heterocycles. The lowest BCUT2D eigenvalue weighted by atomic mass is 12.0. The Kier molecular flexibility index (Phi) is 0. The molecule has 0 heteroatoms. The highest BCUT2D eigenvalue weighted by Crippen LogP contribution is 0.161. The first-order chi connectivity index (χ1) is 0. The fraction of sp³-hybridized carbons (Fsp3) is 1.00. The molecule has 18 heavy (non-hydrogen) atoms. The van der Waals surface area contributed by atoms with Crippen LogP contribution in [-0.4, -0.2) is 0 Å². The Morgan fingerprint density at radius 2 is 0.0556 bits per heavy atom. The van der Waals surface area contributed by atoms with Crippen molar-refractivity contribution < 1.29 is 0 Å². The van der Waals surface area contributed by atoms with Crippen LogP contribution in [0.2, 0.25) is 0 Å². The average Bonchev–Trinajstić information content (AvgIpc) is 0. The second-order valence-electron chi connectivity index (χ2n) is 0. The third kappa shape index (κ3) is 0. The van der Waals surface area contributed by atoms with Crippen LogP contribution in [0, 0.1) is 0 Å². The van der Waals surface area contributed by atoms with Crippen LogP contribution >= 0.6 is 0 Å². The zero-order valence-electron chi connectivity index (χ0n) is 0. The summed E-state index contributed by atoms with van der Waals surface area (Å²) in [5.41, 5.74) is 0. The molecule has 0 heterocycles. The van der Waals surface area contributed by atoms with Gasteiger partial charge in [0, 0.05) is 0 Å². The molecule has 0 fully saturated rings. The molecule has 0 aliphatic carbocycles. The minimum Gasteiger partial charge on any atom is -0.0776 e. The van der Waals surface area contributed by atoms with E-state index in [9.17, 15) is 0 Å². The molecule has 0 aromatic heterocycles. The van der Waals surface area contributed by atoms with E-state index in [4.69, 9.17) is 0 Å². The van der Waals surface area contributed by atoms with Crippen molar-refractivity contribution >= 4 is 0 Å². The van der Waals surface area contributed by atoms with Crippen LogP contribution in [0.5, 0.6) is 0 Å². The summed E-state index contributed by atoms with van der Waals surface area (Å²) in [7, 11) is 0. The van der Waals surface area contributed by atoms with Crippen LogP contribution in [0.4, 0.5) is 0 Å². The SMILES string of the molecule is C.C.C.C.C.C.C.C.C.C.C.C.C.C.C.C.C.C. The molecule has 0 aliphatic rings. The van der Waals surface area contributed by atoms with E-state index >= 15 is 0 Å². The summed E-state index contributed by atoms with van der Waals surface area (Å²) >= 11 is 0. The highest BCUT2D eigenvalue weighted by molar-refractivity contribution is 2.52. The summed E-state index contributed by atoms with van der Waals surface area (Å²) in [4.78, 5) is 0. The molecule has 0 bridgehead atoms. The van der Waals surface area contributed by atoms with Crippen LogP contribution < -0.4 is 0 Å². The Balaban J connectivity index is 0. The molecule has 0 amide bonds. The predicted octanol–water partition coefficient (Wildman–Crippen LogP) is 11.4. The second-order valence-corrected chi connectivity index (χ2v) is 0. The smallest absolute Gasteiger partial charge is 0.0776 e. The van der Waals surface area contributed by atoms with Crippen LogP contribution in [0.15, 0.2) is 0 Å². The van der Waals surface area contributed by atoms with Gasteiger partial charge in [0.2, 0.25) is 0 Å². The molecule has 0 N–H and O–H groups in total. The van der Waals surface area contributed by atoms with Crippen molar-refractivity contribution in [3.8, 4) is 0 Å². The molecule has 0 spiro atoms.